The first kappa shape index (κ1) is 18.8. The molecule has 1 aliphatic heterocycles. The number of ketones is 1. The highest BCUT2D eigenvalue weighted by Crippen LogP contribution is 2.60. The second-order valence-electron chi connectivity index (χ2n) is 7.84. The standard InChI is InChI=1S/C22H17BrClNO4/c23-18-13-9-14-17(22(28)29-20(14)18)16(13)21(27)25-15-7-6-11(24)8-12(15)19(26)10-4-2-1-3-5-10/h1-8,13-14,16-18,20H,9H2,(H,25,27)/t13-,14-,16-,17-,18-,20+/m1/s1. The summed E-state index contributed by atoms with van der Waals surface area (Å²) >= 11 is 9.74. The molecule has 2 aromatic rings. The van der Waals surface area contributed by atoms with Crippen molar-refractivity contribution in [3.63, 3.8) is 0 Å². The van der Waals surface area contributed by atoms with Gasteiger partial charge in [0.25, 0.3) is 0 Å². The number of esters is 1. The Morgan fingerprint density at radius 1 is 1.10 bits per heavy atom. The lowest BCUT2D eigenvalue weighted by Crippen LogP contribution is -2.40. The van der Waals surface area contributed by atoms with Gasteiger partial charge in [-0.2, -0.15) is 0 Å². The Kier molecular flexibility index (Phi) is 4.51. The van der Waals surface area contributed by atoms with E-state index in [1.54, 1.807) is 42.5 Å². The molecule has 2 aliphatic carbocycles. The predicted molar refractivity (Wildman–Crippen MR) is 111 cm³/mol. The van der Waals surface area contributed by atoms with E-state index in [-0.39, 0.29) is 40.4 Å². The number of anilines is 1. The molecule has 2 aromatic carbocycles. The van der Waals surface area contributed by atoms with Crippen LogP contribution in [0.25, 0.3) is 0 Å². The van der Waals surface area contributed by atoms with Gasteiger partial charge in [-0.15, -0.1) is 0 Å². The van der Waals surface area contributed by atoms with E-state index in [9.17, 15) is 14.4 Å². The minimum atomic E-state index is -0.467. The van der Waals surface area contributed by atoms with E-state index in [1.165, 1.54) is 0 Å². The van der Waals surface area contributed by atoms with Crippen molar-refractivity contribution in [2.75, 3.05) is 5.32 Å². The van der Waals surface area contributed by atoms with Gasteiger partial charge in [-0.05, 0) is 30.5 Å². The molecule has 3 fully saturated rings. The maximum absolute atomic E-state index is 13.2. The molecule has 0 aromatic heterocycles. The van der Waals surface area contributed by atoms with Crippen LogP contribution in [0.15, 0.2) is 48.5 Å². The van der Waals surface area contributed by atoms with Gasteiger partial charge in [0.15, 0.2) is 5.78 Å². The molecule has 148 valence electrons. The van der Waals surface area contributed by atoms with Crippen molar-refractivity contribution < 1.29 is 19.1 Å². The third-order valence-electron chi connectivity index (χ3n) is 6.35. The van der Waals surface area contributed by atoms with E-state index < -0.39 is 11.8 Å². The maximum Gasteiger partial charge on any atom is 0.310 e. The van der Waals surface area contributed by atoms with Gasteiger partial charge < -0.3 is 10.1 Å². The first-order chi connectivity index (χ1) is 14.0. The molecule has 2 bridgehead atoms. The number of carbonyl (C=O) groups excluding carboxylic acids is 3. The summed E-state index contributed by atoms with van der Waals surface area (Å²) in [6.45, 7) is 0. The Labute approximate surface area is 180 Å². The number of carbonyl (C=O) groups is 3. The SMILES string of the molecule is O=C(c1ccccc1)c1cc(Cl)ccc1NC(=O)[C@@H]1[C@H]2C[C@H]3[C@H](OC(=O)[C@H]31)[C@@H]2Br. The smallest absolute Gasteiger partial charge is 0.310 e. The fourth-order valence-corrected chi connectivity index (χ4v) is 6.32. The number of nitrogens with one attached hydrogen (secondary N) is 1. The van der Waals surface area contributed by atoms with Crippen LogP contribution in [0, 0.1) is 23.7 Å². The number of ether oxygens (including phenoxy) is 1. The fraction of sp³-hybridized carbons (Fsp3) is 0.318. The summed E-state index contributed by atoms with van der Waals surface area (Å²) in [4.78, 5) is 38.5. The van der Waals surface area contributed by atoms with Gasteiger partial charge in [0.1, 0.15) is 6.10 Å². The highest BCUT2D eigenvalue weighted by Gasteiger charge is 2.67. The van der Waals surface area contributed by atoms with Crippen LogP contribution in [-0.4, -0.2) is 28.6 Å². The molecule has 5 nitrogen and oxygen atoms in total. The molecular formula is C22H17BrClNO4. The molecule has 1 N–H and O–H groups in total. The zero-order chi connectivity index (χ0) is 20.3. The minimum Gasteiger partial charge on any atom is -0.461 e. The molecular weight excluding hydrogens is 458 g/mol. The Bertz CT molecular complexity index is 1030. The van der Waals surface area contributed by atoms with Crippen LogP contribution >= 0.6 is 27.5 Å². The summed E-state index contributed by atoms with van der Waals surface area (Å²) < 4.78 is 5.48. The van der Waals surface area contributed by atoms with Crippen LogP contribution in [0.1, 0.15) is 22.3 Å². The average molecular weight is 475 g/mol. The summed E-state index contributed by atoms with van der Waals surface area (Å²) in [6, 6.07) is 13.6. The van der Waals surface area contributed by atoms with E-state index in [4.69, 9.17) is 16.3 Å². The summed E-state index contributed by atoms with van der Waals surface area (Å²) in [5.74, 6) is -1.51. The molecule has 2 saturated carbocycles. The highest BCUT2D eigenvalue weighted by molar-refractivity contribution is 9.09. The monoisotopic (exact) mass is 473 g/mol. The molecule has 1 saturated heterocycles. The van der Waals surface area contributed by atoms with Crippen LogP contribution < -0.4 is 5.32 Å². The number of hydrogen-bond donors (Lipinski definition) is 1. The lowest BCUT2D eigenvalue weighted by molar-refractivity contribution is -0.145. The zero-order valence-electron chi connectivity index (χ0n) is 15.2. The summed E-state index contributed by atoms with van der Waals surface area (Å²) in [5, 5.41) is 3.30. The molecule has 7 heteroatoms. The van der Waals surface area contributed by atoms with Gasteiger partial charge >= 0.3 is 5.97 Å². The first-order valence-corrected chi connectivity index (χ1v) is 10.8. The van der Waals surface area contributed by atoms with Crippen LogP contribution in [0.3, 0.4) is 0 Å². The first-order valence-electron chi connectivity index (χ1n) is 9.50. The Morgan fingerprint density at radius 3 is 2.62 bits per heavy atom. The van der Waals surface area contributed by atoms with E-state index in [1.807, 2.05) is 6.07 Å². The lowest BCUT2D eigenvalue weighted by atomic mass is 9.79. The van der Waals surface area contributed by atoms with Crippen molar-refractivity contribution in [1.82, 2.24) is 0 Å². The van der Waals surface area contributed by atoms with Crippen LogP contribution in [-0.2, 0) is 14.3 Å². The van der Waals surface area contributed by atoms with Crippen LogP contribution in [0.5, 0.6) is 0 Å². The van der Waals surface area contributed by atoms with Crippen molar-refractivity contribution in [3.8, 4) is 0 Å². The molecule has 0 unspecified atom stereocenters. The third kappa shape index (κ3) is 2.92. The van der Waals surface area contributed by atoms with Gasteiger partial charge in [0, 0.05) is 22.1 Å². The second kappa shape index (κ2) is 6.96. The minimum absolute atomic E-state index is 0.0124. The lowest BCUT2D eigenvalue weighted by Gasteiger charge is -2.27. The van der Waals surface area contributed by atoms with Crippen LogP contribution in [0.2, 0.25) is 5.02 Å². The average Bonchev–Trinajstić information content (AvgIpc) is 3.33. The number of amides is 1. The molecule has 0 radical (unpaired) electrons. The third-order valence-corrected chi connectivity index (χ3v) is 7.78. The number of alkyl halides is 1. The van der Waals surface area contributed by atoms with Crippen LogP contribution in [0.4, 0.5) is 5.69 Å². The van der Waals surface area contributed by atoms with Gasteiger partial charge in [0.2, 0.25) is 5.91 Å². The maximum atomic E-state index is 13.2. The molecule has 1 amide bonds. The zero-order valence-corrected chi connectivity index (χ0v) is 17.5. The quantitative estimate of drug-likeness (QED) is 0.412. The van der Waals surface area contributed by atoms with Crippen molar-refractivity contribution in [3.05, 3.63) is 64.7 Å². The number of rotatable bonds is 4. The van der Waals surface area contributed by atoms with Crippen molar-refractivity contribution >= 4 is 50.9 Å². The fourth-order valence-electron chi connectivity index (χ4n) is 5.10. The van der Waals surface area contributed by atoms with E-state index in [2.05, 4.69) is 21.2 Å². The largest absolute Gasteiger partial charge is 0.461 e. The highest BCUT2D eigenvalue weighted by atomic mass is 79.9. The molecule has 29 heavy (non-hydrogen) atoms. The molecule has 6 atom stereocenters. The number of hydrogen-bond acceptors (Lipinski definition) is 4. The Morgan fingerprint density at radius 2 is 1.86 bits per heavy atom. The molecule has 1 heterocycles. The normalized spacial score (nSPS) is 31.6. The molecule has 0 spiro atoms. The van der Waals surface area contributed by atoms with Crippen molar-refractivity contribution in [2.45, 2.75) is 17.4 Å². The number of benzene rings is 2. The number of halogens is 2. The topological polar surface area (TPSA) is 72.5 Å². The Balaban J connectivity index is 1.45. The Hall–Kier alpha value is -2.18. The van der Waals surface area contributed by atoms with Crippen molar-refractivity contribution in [1.29, 1.82) is 0 Å². The second-order valence-corrected chi connectivity index (χ2v) is 9.33. The van der Waals surface area contributed by atoms with Gasteiger partial charge in [-0.3, -0.25) is 14.4 Å². The van der Waals surface area contributed by atoms with Crippen molar-refractivity contribution in [2.24, 2.45) is 23.7 Å². The predicted octanol–water partition coefficient (Wildman–Crippen LogP) is 4.08. The molecule has 5 rings (SSSR count). The van der Waals surface area contributed by atoms with Gasteiger partial charge in [0.05, 0.1) is 22.4 Å². The van der Waals surface area contributed by atoms with E-state index in [0.717, 1.165) is 6.42 Å². The molecule has 3 aliphatic rings. The number of fused-ring (bicyclic) bond motifs is 1. The summed E-state index contributed by atoms with van der Waals surface area (Å²) in [7, 11) is 0. The van der Waals surface area contributed by atoms with Gasteiger partial charge in [-0.1, -0.05) is 57.9 Å². The van der Waals surface area contributed by atoms with Gasteiger partial charge in [-0.25, -0.2) is 0 Å². The summed E-state index contributed by atoms with van der Waals surface area (Å²) in [5.41, 5.74) is 1.22. The van der Waals surface area contributed by atoms with E-state index >= 15 is 0 Å². The summed E-state index contributed by atoms with van der Waals surface area (Å²) in [6.07, 6.45) is 0.665. The van der Waals surface area contributed by atoms with E-state index in [0.29, 0.717) is 21.8 Å².